The van der Waals surface area contributed by atoms with Crippen LogP contribution < -0.4 is 9.46 Å². The maximum Gasteiger partial charge on any atom is 0.211 e. The molecule has 0 saturated carbocycles. The lowest BCUT2D eigenvalue weighted by Crippen LogP contribution is -2.27. The normalized spacial score (nSPS) is 11.4. The van der Waals surface area contributed by atoms with Gasteiger partial charge in [-0.3, -0.25) is 0 Å². The number of rotatable bonds is 8. The van der Waals surface area contributed by atoms with E-state index in [1.54, 1.807) is 7.11 Å². The molecule has 0 fully saturated rings. The van der Waals surface area contributed by atoms with Gasteiger partial charge < -0.3 is 4.74 Å². The summed E-state index contributed by atoms with van der Waals surface area (Å²) in [5.41, 5.74) is 1.19. The molecule has 18 heavy (non-hydrogen) atoms. The van der Waals surface area contributed by atoms with E-state index in [1.807, 2.05) is 31.2 Å². The minimum absolute atomic E-state index is 0.204. The average Bonchev–Trinajstić information content (AvgIpc) is 2.35. The molecular formula is C13H21NO3S. The summed E-state index contributed by atoms with van der Waals surface area (Å²) in [6.07, 6.45) is 2.31. The minimum atomic E-state index is -3.07. The maximum absolute atomic E-state index is 11.4. The van der Waals surface area contributed by atoms with Gasteiger partial charge in [-0.2, -0.15) is 0 Å². The summed E-state index contributed by atoms with van der Waals surface area (Å²) in [7, 11) is -1.43. The highest BCUT2D eigenvalue weighted by Gasteiger charge is 2.06. The van der Waals surface area contributed by atoms with E-state index in [2.05, 4.69) is 4.72 Å². The van der Waals surface area contributed by atoms with E-state index < -0.39 is 10.0 Å². The van der Waals surface area contributed by atoms with Crippen molar-refractivity contribution in [3.63, 3.8) is 0 Å². The number of hydrogen-bond donors (Lipinski definition) is 1. The molecule has 0 saturated heterocycles. The van der Waals surface area contributed by atoms with E-state index in [0.717, 1.165) is 18.6 Å². The Kier molecular flexibility index (Phi) is 6.15. The average molecular weight is 271 g/mol. The molecule has 1 N–H and O–H groups in total. The zero-order chi connectivity index (χ0) is 13.4. The van der Waals surface area contributed by atoms with Gasteiger partial charge in [-0.15, -0.1) is 0 Å². The second kappa shape index (κ2) is 7.38. The van der Waals surface area contributed by atoms with Crippen molar-refractivity contribution in [1.82, 2.24) is 4.72 Å². The second-order valence-corrected chi connectivity index (χ2v) is 6.09. The van der Waals surface area contributed by atoms with Crippen molar-refractivity contribution in [2.45, 2.75) is 26.2 Å². The van der Waals surface area contributed by atoms with Crippen molar-refractivity contribution < 1.29 is 13.2 Å². The van der Waals surface area contributed by atoms with Crippen molar-refractivity contribution >= 4 is 10.0 Å². The van der Waals surface area contributed by atoms with E-state index in [1.165, 1.54) is 5.56 Å². The van der Waals surface area contributed by atoms with Gasteiger partial charge in [-0.25, -0.2) is 13.1 Å². The largest absolute Gasteiger partial charge is 0.497 e. The zero-order valence-electron chi connectivity index (χ0n) is 11.0. The summed E-state index contributed by atoms with van der Waals surface area (Å²) in [4.78, 5) is 0. The van der Waals surface area contributed by atoms with Crippen molar-refractivity contribution in [3.8, 4) is 5.75 Å². The molecule has 0 spiro atoms. The molecule has 1 aromatic carbocycles. The van der Waals surface area contributed by atoms with Crippen LogP contribution in [-0.2, 0) is 16.4 Å². The van der Waals surface area contributed by atoms with E-state index >= 15 is 0 Å². The van der Waals surface area contributed by atoms with E-state index in [9.17, 15) is 8.42 Å². The molecule has 5 heteroatoms. The van der Waals surface area contributed by atoms with Gasteiger partial charge in [-0.05, 0) is 37.0 Å². The molecule has 0 unspecified atom stereocenters. The van der Waals surface area contributed by atoms with Crippen LogP contribution in [0.2, 0.25) is 0 Å². The Morgan fingerprint density at radius 1 is 1.22 bits per heavy atom. The predicted molar refractivity (Wildman–Crippen MR) is 73.4 cm³/mol. The van der Waals surface area contributed by atoms with Crippen LogP contribution in [0, 0.1) is 0 Å². The number of nitrogens with one attached hydrogen (secondary N) is 1. The quantitative estimate of drug-likeness (QED) is 0.735. The molecule has 0 aromatic heterocycles. The van der Waals surface area contributed by atoms with Crippen LogP contribution in [-0.4, -0.2) is 27.8 Å². The first-order chi connectivity index (χ1) is 8.57. The number of benzene rings is 1. The Morgan fingerprint density at radius 2 is 1.89 bits per heavy atom. The highest BCUT2D eigenvalue weighted by atomic mass is 32.2. The lowest BCUT2D eigenvalue weighted by Gasteiger charge is -2.06. The number of ether oxygens (including phenoxy) is 1. The number of aryl methyl sites for hydroxylation is 1. The van der Waals surface area contributed by atoms with Gasteiger partial charge in [0.15, 0.2) is 0 Å². The first-order valence-corrected chi connectivity index (χ1v) is 7.83. The van der Waals surface area contributed by atoms with Gasteiger partial charge in [-0.1, -0.05) is 19.1 Å². The van der Waals surface area contributed by atoms with Crippen LogP contribution >= 0.6 is 0 Å². The predicted octanol–water partition coefficient (Wildman–Crippen LogP) is 1.96. The number of methoxy groups -OCH3 is 1. The van der Waals surface area contributed by atoms with Crippen LogP contribution in [0.4, 0.5) is 0 Å². The van der Waals surface area contributed by atoms with Crippen molar-refractivity contribution in [2.24, 2.45) is 0 Å². The van der Waals surface area contributed by atoms with Crippen LogP contribution in [0.5, 0.6) is 5.75 Å². The molecule has 0 radical (unpaired) electrons. The van der Waals surface area contributed by atoms with Crippen LogP contribution in [0.3, 0.4) is 0 Å². The van der Waals surface area contributed by atoms with Gasteiger partial charge in [0, 0.05) is 6.54 Å². The zero-order valence-corrected chi connectivity index (χ0v) is 11.8. The van der Waals surface area contributed by atoms with E-state index in [-0.39, 0.29) is 5.75 Å². The van der Waals surface area contributed by atoms with E-state index in [4.69, 9.17) is 4.74 Å². The number of hydrogen-bond acceptors (Lipinski definition) is 3. The fourth-order valence-electron chi connectivity index (χ4n) is 1.65. The number of sulfonamides is 1. The highest BCUT2D eigenvalue weighted by molar-refractivity contribution is 7.89. The van der Waals surface area contributed by atoms with Crippen LogP contribution in [0.25, 0.3) is 0 Å². The Balaban J connectivity index is 2.29. The van der Waals surface area contributed by atoms with Gasteiger partial charge in [0.2, 0.25) is 10.0 Å². The third-order valence-electron chi connectivity index (χ3n) is 2.60. The molecule has 0 atom stereocenters. The SMILES string of the molecule is CCCS(=O)(=O)NCCCc1ccc(OC)cc1. The minimum Gasteiger partial charge on any atom is -0.497 e. The summed E-state index contributed by atoms with van der Waals surface area (Å²) in [5.74, 6) is 1.04. The lowest BCUT2D eigenvalue weighted by molar-refractivity contribution is 0.414. The highest BCUT2D eigenvalue weighted by Crippen LogP contribution is 2.12. The Morgan fingerprint density at radius 3 is 2.44 bits per heavy atom. The third kappa shape index (κ3) is 5.51. The summed E-state index contributed by atoms with van der Waals surface area (Å²) >= 11 is 0. The molecule has 102 valence electrons. The van der Waals surface area contributed by atoms with Crippen molar-refractivity contribution in [3.05, 3.63) is 29.8 Å². The van der Waals surface area contributed by atoms with Gasteiger partial charge >= 0.3 is 0 Å². The molecule has 0 bridgehead atoms. The Bertz CT molecular complexity index is 440. The summed E-state index contributed by atoms with van der Waals surface area (Å²) in [6, 6.07) is 7.83. The van der Waals surface area contributed by atoms with Crippen molar-refractivity contribution in [1.29, 1.82) is 0 Å². The molecule has 0 aliphatic heterocycles. The van der Waals surface area contributed by atoms with Gasteiger partial charge in [0.05, 0.1) is 12.9 Å². The molecule has 1 rings (SSSR count). The van der Waals surface area contributed by atoms with Crippen LogP contribution in [0.15, 0.2) is 24.3 Å². The molecule has 1 aromatic rings. The lowest BCUT2D eigenvalue weighted by atomic mass is 10.1. The molecule has 4 nitrogen and oxygen atoms in total. The Hall–Kier alpha value is -1.07. The molecular weight excluding hydrogens is 250 g/mol. The maximum atomic E-state index is 11.4. The molecule has 0 aliphatic carbocycles. The van der Waals surface area contributed by atoms with Gasteiger partial charge in [0.1, 0.15) is 5.75 Å². The van der Waals surface area contributed by atoms with Crippen LogP contribution in [0.1, 0.15) is 25.3 Å². The van der Waals surface area contributed by atoms with Gasteiger partial charge in [0.25, 0.3) is 0 Å². The van der Waals surface area contributed by atoms with Crippen molar-refractivity contribution in [2.75, 3.05) is 19.4 Å². The third-order valence-corrected chi connectivity index (χ3v) is 4.19. The fraction of sp³-hybridized carbons (Fsp3) is 0.538. The smallest absolute Gasteiger partial charge is 0.211 e. The Labute approximate surface area is 109 Å². The summed E-state index contributed by atoms with van der Waals surface area (Å²) < 4.78 is 30.5. The molecule has 0 heterocycles. The molecule has 0 amide bonds. The first kappa shape index (κ1) is 15.0. The summed E-state index contributed by atoms with van der Waals surface area (Å²) in [6.45, 7) is 2.35. The standard InChI is InChI=1S/C13H21NO3S/c1-3-11-18(15,16)14-10-4-5-12-6-8-13(17-2)9-7-12/h6-9,14H,3-5,10-11H2,1-2H3. The summed E-state index contributed by atoms with van der Waals surface area (Å²) in [5, 5.41) is 0. The topological polar surface area (TPSA) is 55.4 Å². The second-order valence-electron chi connectivity index (χ2n) is 4.16. The first-order valence-electron chi connectivity index (χ1n) is 6.17. The van der Waals surface area contributed by atoms with E-state index in [0.29, 0.717) is 13.0 Å². The fourth-order valence-corrected chi connectivity index (χ4v) is 2.79. The monoisotopic (exact) mass is 271 g/mol. The molecule has 0 aliphatic rings.